The quantitative estimate of drug-likeness (QED) is 0.872. The molecule has 3 nitrogen and oxygen atoms in total. The van der Waals surface area contributed by atoms with Gasteiger partial charge in [-0.2, -0.15) is 13.2 Å². The van der Waals surface area contributed by atoms with Crippen LogP contribution in [0.5, 0.6) is 5.75 Å². The number of hydrogen-bond donors (Lipinski definition) is 1. The molecule has 0 aliphatic heterocycles. The lowest BCUT2D eigenvalue weighted by molar-refractivity contribution is -0.141. The lowest BCUT2D eigenvalue weighted by Gasteiger charge is -2.16. The molecule has 94 valence electrons. The number of nitrogen functional groups attached to an aromatic ring is 1. The molecule has 1 saturated carbocycles. The molecule has 0 aromatic carbocycles. The monoisotopic (exact) mass is 246 g/mol. The molecule has 1 aromatic rings. The van der Waals surface area contributed by atoms with Crippen LogP contribution in [0.2, 0.25) is 0 Å². The number of anilines is 1. The Labute approximate surface area is 96.8 Å². The molecule has 1 aliphatic rings. The van der Waals surface area contributed by atoms with Crippen molar-refractivity contribution >= 4 is 5.69 Å². The van der Waals surface area contributed by atoms with Gasteiger partial charge in [0.05, 0.1) is 18.0 Å². The summed E-state index contributed by atoms with van der Waals surface area (Å²) in [7, 11) is 0. The van der Waals surface area contributed by atoms with Gasteiger partial charge in [0.1, 0.15) is 11.4 Å². The van der Waals surface area contributed by atoms with Crippen molar-refractivity contribution in [3.8, 4) is 5.75 Å². The van der Waals surface area contributed by atoms with Crippen molar-refractivity contribution < 1.29 is 17.9 Å². The van der Waals surface area contributed by atoms with E-state index in [1.165, 1.54) is 0 Å². The first-order chi connectivity index (χ1) is 7.97. The Morgan fingerprint density at radius 2 is 1.94 bits per heavy atom. The number of alkyl halides is 3. The number of hydrogen-bond acceptors (Lipinski definition) is 3. The van der Waals surface area contributed by atoms with Gasteiger partial charge in [-0.05, 0) is 25.7 Å². The number of rotatable bonds is 2. The van der Waals surface area contributed by atoms with Gasteiger partial charge in [0.15, 0.2) is 0 Å². The van der Waals surface area contributed by atoms with Gasteiger partial charge in [0.25, 0.3) is 0 Å². The number of nitrogens with two attached hydrogens (primary N) is 1. The number of pyridine rings is 1. The van der Waals surface area contributed by atoms with E-state index in [0.717, 1.165) is 37.9 Å². The first-order valence-electron chi connectivity index (χ1n) is 5.46. The smallest absolute Gasteiger partial charge is 0.433 e. The number of nitrogens with zero attached hydrogens (tertiary/aromatic N) is 1. The van der Waals surface area contributed by atoms with Crippen LogP contribution in [0.15, 0.2) is 12.3 Å². The second-order valence-corrected chi connectivity index (χ2v) is 4.13. The molecule has 17 heavy (non-hydrogen) atoms. The minimum atomic E-state index is -4.47. The van der Waals surface area contributed by atoms with E-state index in [0.29, 0.717) is 0 Å². The van der Waals surface area contributed by atoms with E-state index in [1.54, 1.807) is 0 Å². The third kappa shape index (κ3) is 2.81. The summed E-state index contributed by atoms with van der Waals surface area (Å²) >= 11 is 0. The van der Waals surface area contributed by atoms with Gasteiger partial charge < -0.3 is 10.5 Å². The first kappa shape index (κ1) is 12.0. The maximum absolute atomic E-state index is 12.5. The molecule has 1 fully saturated rings. The Morgan fingerprint density at radius 3 is 2.53 bits per heavy atom. The third-order valence-corrected chi connectivity index (χ3v) is 2.78. The van der Waals surface area contributed by atoms with Gasteiger partial charge >= 0.3 is 6.18 Å². The Hall–Kier alpha value is -1.46. The highest BCUT2D eigenvalue weighted by atomic mass is 19.4. The molecule has 0 saturated heterocycles. The van der Waals surface area contributed by atoms with Crippen LogP contribution in [0.4, 0.5) is 18.9 Å². The number of ether oxygens (including phenoxy) is 1. The summed E-state index contributed by atoms with van der Waals surface area (Å²) in [6, 6.07) is 0.869. The standard InChI is InChI=1S/C11H13F3N2O/c12-11(13,14)10-5-9(8(15)6-16-10)17-7-3-1-2-4-7/h5-7H,1-4,15H2. The highest BCUT2D eigenvalue weighted by molar-refractivity contribution is 5.51. The second kappa shape index (κ2) is 4.43. The maximum atomic E-state index is 12.5. The molecule has 1 heterocycles. The normalized spacial score (nSPS) is 17.4. The third-order valence-electron chi connectivity index (χ3n) is 2.78. The molecule has 6 heteroatoms. The first-order valence-corrected chi connectivity index (χ1v) is 5.46. The fourth-order valence-corrected chi connectivity index (χ4v) is 1.89. The Balaban J connectivity index is 2.20. The van der Waals surface area contributed by atoms with Crippen LogP contribution in [0.3, 0.4) is 0 Å². The van der Waals surface area contributed by atoms with Gasteiger partial charge in [-0.1, -0.05) is 0 Å². The van der Waals surface area contributed by atoms with Gasteiger partial charge in [0, 0.05) is 6.07 Å². The van der Waals surface area contributed by atoms with E-state index in [9.17, 15) is 13.2 Å². The fraction of sp³-hybridized carbons (Fsp3) is 0.545. The van der Waals surface area contributed by atoms with Crippen LogP contribution in [-0.4, -0.2) is 11.1 Å². The van der Waals surface area contributed by atoms with Gasteiger partial charge in [-0.15, -0.1) is 0 Å². The summed E-state index contributed by atoms with van der Waals surface area (Å²) < 4.78 is 42.8. The van der Waals surface area contributed by atoms with Crippen molar-refractivity contribution in [1.29, 1.82) is 0 Å². The predicted octanol–water partition coefficient (Wildman–Crippen LogP) is 3.00. The maximum Gasteiger partial charge on any atom is 0.433 e. The van der Waals surface area contributed by atoms with Crippen LogP contribution < -0.4 is 10.5 Å². The van der Waals surface area contributed by atoms with Gasteiger partial charge in [-0.25, -0.2) is 4.98 Å². The summed E-state index contributed by atoms with van der Waals surface area (Å²) in [6.07, 6.45) is 0.311. The van der Waals surface area contributed by atoms with Gasteiger partial charge in [0.2, 0.25) is 0 Å². The lowest BCUT2D eigenvalue weighted by atomic mass is 10.2. The Bertz CT molecular complexity index is 400. The topological polar surface area (TPSA) is 48.1 Å². The molecule has 0 atom stereocenters. The molecule has 0 unspecified atom stereocenters. The Morgan fingerprint density at radius 1 is 1.29 bits per heavy atom. The summed E-state index contributed by atoms with van der Waals surface area (Å²) in [6.45, 7) is 0. The predicted molar refractivity (Wildman–Crippen MR) is 56.5 cm³/mol. The molecule has 0 spiro atoms. The molecular formula is C11H13F3N2O. The van der Waals surface area contributed by atoms with Crippen LogP contribution in [-0.2, 0) is 6.18 Å². The van der Waals surface area contributed by atoms with Crippen molar-refractivity contribution in [2.75, 3.05) is 5.73 Å². The van der Waals surface area contributed by atoms with Crippen LogP contribution in [0.1, 0.15) is 31.4 Å². The molecular weight excluding hydrogens is 233 g/mol. The zero-order chi connectivity index (χ0) is 12.5. The van der Waals surface area contributed by atoms with Gasteiger partial charge in [-0.3, -0.25) is 0 Å². The molecule has 2 N–H and O–H groups in total. The van der Waals surface area contributed by atoms with Crippen LogP contribution >= 0.6 is 0 Å². The molecule has 0 bridgehead atoms. The highest BCUT2D eigenvalue weighted by Gasteiger charge is 2.33. The lowest BCUT2D eigenvalue weighted by Crippen LogP contribution is -2.14. The van der Waals surface area contributed by atoms with Crippen molar-refractivity contribution in [1.82, 2.24) is 4.98 Å². The fourth-order valence-electron chi connectivity index (χ4n) is 1.89. The average Bonchev–Trinajstić information content (AvgIpc) is 2.72. The van der Waals surface area contributed by atoms with Crippen molar-refractivity contribution in [2.24, 2.45) is 0 Å². The molecule has 1 aromatic heterocycles. The molecule has 1 aliphatic carbocycles. The van der Waals surface area contributed by atoms with E-state index in [2.05, 4.69) is 4.98 Å². The number of aromatic nitrogens is 1. The molecule has 0 radical (unpaired) electrons. The van der Waals surface area contributed by atoms with E-state index < -0.39 is 11.9 Å². The molecule has 0 amide bonds. The minimum Gasteiger partial charge on any atom is -0.488 e. The van der Waals surface area contributed by atoms with Crippen molar-refractivity contribution in [3.63, 3.8) is 0 Å². The van der Waals surface area contributed by atoms with E-state index in [1.807, 2.05) is 0 Å². The number of halogens is 3. The SMILES string of the molecule is Nc1cnc(C(F)(F)F)cc1OC1CCCC1. The van der Waals surface area contributed by atoms with Crippen LogP contribution in [0, 0.1) is 0 Å². The zero-order valence-electron chi connectivity index (χ0n) is 9.13. The highest BCUT2D eigenvalue weighted by Crippen LogP contribution is 2.34. The summed E-state index contributed by atoms with van der Waals surface area (Å²) in [5.74, 6) is 0.0826. The summed E-state index contributed by atoms with van der Waals surface area (Å²) in [5.41, 5.74) is 4.73. The van der Waals surface area contributed by atoms with E-state index in [-0.39, 0.29) is 17.5 Å². The van der Waals surface area contributed by atoms with E-state index in [4.69, 9.17) is 10.5 Å². The van der Waals surface area contributed by atoms with E-state index >= 15 is 0 Å². The van der Waals surface area contributed by atoms with Crippen molar-refractivity contribution in [3.05, 3.63) is 18.0 Å². The second-order valence-electron chi connectivity index (χ2n) is 4.13. The summed E-state index contributed by atoms with van der Waals surface area (Å²) in [5, 5.41) is 0. The largest absolute Gasteiger partial charge is 0.488 e. The minimum absolute atomic E-state index is 0.0271. The Kier molecular flexibility index (Phi) is 3.13. The van der Waals surface area contributed by atoms with Crippen LogP contribution in [0.25, 0.3) is 0 Å². The van der Waals surface area contributed by atoms with Crippen molar-refractivity contribution in [2.45, 2.75) is 38.0 Å². The zero-order valence-corrected chi connectivity index (χ0v) is 9.13. The average molecular weight is 246 g/mol. The molecule has 2 rings (SSSR count). The summed E-state index contributed by atoms with van der Waals surface area (Å²) in [4.78, 5) is 3.25.